The van der Waals surface area contributed by atoms with Gasteiger partial charge in [0.1, 0.15) is 23.4 Å². The lowest BCUT2D eigenvalue weighted by atomic mass is 10.1. The molecule has 3 aromatic rings. The minimum atomic E-state index is -3.92. The second kappa shape index (κ2) is 13.4. The standard InChI is InChI=1S/C32H35ClN6O9S2/c1-3-18-14-32(18,31(42)38-50(45,46)23-9-10-23)37-29(41)26-13-21(48-30-25-12-19(33)4-11-24(25)27(47-2)15-36-30)17-39(26)28(40)16-35-20-5-7-22(8-6-20)49(34,43)44/h3-8,11-12,15,18,21,23,26,35H,1,9-10,13-14,16-17H2,2H3,(H,37,41)(H,38,42)(H2,34,43,44)/t18-,21-,26+,32-/m1/s1. The van der Waals surface area contributed by atoms with Gasteiger partial charge in [-0.25, -0.2) is 27.0 Å². The summed E-state index contributed by atoms with van der Waals surface area (Å²) >= 11 is 6.28. The third-order valence-corrected chi connectivity index (χ3v) is 12.0. The number of rotatable bonds is 13. The summed E-state index contributed by atoms with van der Waals surface area (Å²) in [6.45, 7) is 3.40. The topological polar surface area (TPSA) is 216 Å². The normalized spacial score (nSPS) is 23.2. The van der Waals surface area contributed by atoms with Crippen LogP contribution in [-0.4, -0.2) is 87.6 Å². The first kappa shape index (κ1) is 35.4. The Bertz CT molecular complexity index is 2090. The first-order chi connectivity index (χ1) is 23.6. The number of nitrogens with two attached hydrogens (primary N) is 1. The predicted octanol–water partition coefficient (Wildman–Crippen LogP) is 1.67. The quantitative estimate of drug-likeness (QED) is 0.185. The smallest absolute Gasteiger partial charge is 0.259 e. The molecule has 0 spiro atoms. The minimum absolute atomic E-state index is 0.00717. The number of amides is 3. The van der Waals surface area contributed by atoms with Gasteiger partial charge in [-0.3, -0.25) is 19.1 Å². The van der Waals surface area contributed by atoms with Gasteiger partial charge in [0.2, 0.25) is 37.7 Å². The fraction of sp³-hybridized carbons (Fsp3) is 0.375. The number of hydrogen-bond donors (Lipinski definition) is 4. The third kappa shape index (κ3) is 7.21. The van der Waals surface area contributed by atoms with E-state index in [4.69, 9.17) is 26.2 Å². The van der Waals surface area contributed by atoms with Crippen molar-refractivity contribution in [1.82, 2.24) is 19.9 Å². The van der Waals surface area contributed by atoms with E-state index >= 15 is 0 Å². The number of likely N-dealkylation sites (tertiary alicyclic amines) is 1. The number of benzene rings is 2. The van der Waals surface area contributed by atoms with Gasteiger partial charge in [0, 0.05) is 33.8 Å². The highest BCUT2D eigenvalue weighted by Crippen LogP contribution is 2.45. The van der Waals surface area contributed by atoms with Crippen molar-refractivity contribution in [2.45, 2.75) is 53.5 Å². The number of ether oxygens (including phenoxy) is 2. The second-order valence-electron chi connectivity index (χ2n) is 12.5. The van der Waals surface area contributed by atoms with Crippen LogP contribution in [0.4, 0.5) is 5.69 Å². The molecule has 2 heterocycles. The van der Waals surface area contributed by atoms with Crippen molar-refractivity contribution in [3.8, 4) is 11.6 Å². The molecular weight excluding hydrogens is 712 g/mol. The molecule has 0 unspecified atom stereocenters. The van der Waals surface area contributed by atoms with Crippen LogP contribution in [0.3, 0.4) is 0 Å². The Balaban J connectivity index is 1.24. The number of hydrogen-bond acceptors (Lipinski definition) is 11. The lowest BCUT2D eigenvalue weighted by Crippen LogP contribution is -2.57. The maximum absolute atomic E-state index is 14.0. The zero-order valence-corrected chi connectivity index (χ0v) is 29.2. The number of pyridine rings is 1. The predicted molar refractivity (Wildman–Crippen MR) is 183 cm³/mol. The number of sulfonamides is 2. The average molecular weight is 747 g/mol. The molecule has 6 rings (SSSR count). The lowest BCUT2D eigenvalue weighted by Gasteiger charge is -2.26. The number of carbonyl (C=O) groups excluding carboxylic acids is 3. The summed E-state index contributed by atoms with van der Waals surface area (Å²) in [7, 11) is -6.31. The van der Waals surface area contributed by atoms with Gasteiger partial charge in [0.05, 0.1) is 36.5 Å². The zero-order valence-electron chi connectivity index (χ0n) is 26.8. The van der Waals surface area contributed by atoms with Crippen molar-refractivity contribution in [2.75, 3.05) is 25.5 Å². The number of nitrogens with one attached hydrogen (secondary N) is 3. The molecular formula is C32H35ClN6O9S2. The van der Waals surface area contributed by atoms with Crippen LogP contribution in [0.1, 0.15) is 25.7 Å². The van der Waals surface area contributed by atoms with Crippen LogP contribution >= 0.6 is 11.6 Å². The Hall–Kier alpha value is -4.45. The van der Waals surface area contributed by atoms with E-state index in [1.807, 2.05) is 0 Å². The van der Waals surface area contributed by atoms with Crippen LogP contribution in [0.5, 0.6) is 11.6 Å². The van der Waals surface area contributed by atoms with Crippen LogP contribution in [0, 0.1) is 5.92 Å². The molecule has 1 aliphatic heterocycles. The van der Waals surface area contributed by atoms with Gasteiger partial charge in [0.15, 0.2) is 0 Å². The van der Waals surface area contributed by atoms with Gasteiger partial charge in [-0.15, -0.1) is 6.58 Å². The first-order valence-corrected chi connectivity index (χ1v) is 19.1. The maximum Gasteiger partial charge on any atom is 0.259 e. The van der Waals surface area contributed by atoms with Crippen molar-refractivity contribution >= 4 is 65.8 Å². The van der Waals surface area contributed by atoms with Gasteiger partial charge in [0.25, 0.3) is 5.91 Å². The van der Waals surface area contributed by atoms with Gasteiger partial charge in [-0.2, -0.15) is 0 Å². The van der Waals surface area contributed by atoms with Crippen molar-refractivity contribution in [3.63, 3.8) is 0 Å². The van der Waals surface area contributed by atoms with E-state index < -0.39 is 66.6 Å². The molecule has 266 valence electrons. The average Bonchev–Trinajstić information content (AvgIpc) is 4.00. The molecule has 1 saturated heterocycles. The fourth-order valence-electron chi connectivity index (χ4n) is 6.05. The Morgan fingerprint density at radius 1 is 1.12 bits per heavy atom. The van der Waals surface area contributed by atoms with Crippen LogP contribution in [0.25, 0.3) is 10.8 Å². The molecule has 0 radical (unpaired) electrons. The number of primary sulfonamides is 1. The molecule has 2 aliphatic carbocycles. The van der Waals surface area contributed by atoms with Gasteiger partial charge in [-0.05, 0) is 61.7 Å². The number of anilines is 1. The molecule has 1 aromatic heterocycles. The molecule has 4 atom stereocenters. The van der Waals surface area contributed by atoms with Gasteiger partial charge < -0.3 is 25.0 Å². The highest BCUT2D eigenvalue weighted by molar-refractivity contribution is 7.91. The number of fused-ring (bicyclic) bond motifs is 1. The first-order valence-electron chi connectivity index (χ1n) is 15.6. The zero-order chi connectivity index (χ0) is 36.0. The van der Waals surface area contributed by atoms with Crippen molar-refractivity contribution < 1.29 is 40.7 Å². The maximum atomic E-state index is 14.0. The van der Waals surface area contributed by atoms with Gasteiger partial charge in [-0.1, -0.05) is 17.7 Å². The molecule has 2 saturated carbocycles. The Morgan fingerprint density at radius 2 is 1.84 bits per heavy atom. The van der Waals surface area contributed by atoms with E-state index in [-0.39, 0.29) is 36.7 Å². The lowest BCUT2D eigenvalue weighted by molar-refractivity contribution is -0.138. The molecule has 50 heavy (non-hydrogen) atoms. The number of nitrogens with zero attached hydrogens (tertiary/aromatic N) is 2. The summed E-state index contributed by atoms with van der Waals surface area (Å²) in [4.78, 5) is 46.6. The van der Waals surface area contributed by atoms with E-state index in [0.29, 0.717) is 40.1 Å². The SMILES string of the molecule is C=C[C@@H]1C[C@]1(NC(=O)[C@@H]1C[C@@H](Oc2ncc(OC)c3ccc(Cl)cc23)CN1C(=O)CNc1ccc(S(N)(=O)=O)cc1)C(=O)NS(=O)(=O)C1CC1. The summed E-state index contributed by atoms with van der Waals surface area (Å²) in [6, 6.07) is 9.45. The third-order valence-electron chi connectivity index (χ3n) is 9.04. The molecule has 2 aromatic carbocycles. The Labute approximate surface area is 293 Å². The fourth-order valence-corrected chi connectivity index (χ4v) is 8.10. The molecule has 3 amide bonds. The number of carbonyl (C=O) groups is 3. The van der Waals surface area contributed by atoms with Crippen LogP contribution in [-0.2, 0) is 34.4 Å². The minimum Gasteiger partial charge on any atom is -0.494 e. The molecule has 15 nitrogen and oxygen atoms in total. The number of methoxy groups -OCH3 is 1. The summed E-state index contributed by atoms with van der Waals surface area (Å²) in [6.07, 6.45) is 3.26. The highest BCUT2D eigenvalue weighted by Gasteiger charge is 2.62. The molecule has 3 aliphatic rings. The Morgan fingerprint density at radius 3 is 2.46 bits per heavy atom. The van der Waals surface area contributed by atoms with E-state index in [0.717, 1.165) is 0 Å². The largest absolute Gasteiger partial charge is 0.494 e. The van der Waals surface area contributed by atoms with E-state index in [1.165, 1.54) is 48.5 Å². The molecule has 0 bridgehead atoms. The van der Waals surface area contributed by atoms with Crippen molar-refractivity contribution in [1.29, 1.82) is 0 Å². The highest BCUT2D eigenvalue weighted by atomic mass is 35.5. The van der Waals surface area contributed by atoms with E-state index in [1.54, 1.807) is 18.2 Å². The van der Waals surface area contributed by atoms with E-state index in [2.05, 4.69) is 26.9 Å². The number of aromatic nitrogens is 1. The molecule has 18 heteroatoms. The van der Waals surface area contributed by atoms with Crippen molar-refractivity contribution in [3.05, 3.63) is 66.3 Å². The second-order valence-corrected chi connectivity index (χ2v) is 16.4. The van der Waals surface area contributed by atoms with Crippen LogP contribution in [0.2, 0.25) is 5.02 Å². The van der Waals surface area contributed by atoms with Gasteiger partial charge >= 0.3 is 0 Å². The van der Waals surface area contributed by atoms with Crippen LogP contribution < -0.4 is 30.0 Å². The number of halogens is 1. The monoisotopic (exact) mass is 746 g/mol. The summed E-state index contributed by atoms with van der Waals surface area (Å²) in [5.74, 6) is -1.89. The summed E-state index contributed by atoms with van der Waals surface area (Å²) in [5.41, 5.74) is -1.13. The van der Waals surface area contributed by atoms with Crippen molar-refractivity contribution in [2.24, 2.45) is 11.1 Å². The van der Waals surface area contributed by atoms with E-state index in [9.17, 15) is 31.2 Å². The van der Waals surface area contributed by atoms with Crippen LogP contribution in [0.15, 0.2) is 66.2 Å². The molecule has 5 N–H and O–H groups in total. The summed E-state index contributed by atoms with van der Waals surface area (Å²) < 4.78 is 62.2. The summed E-state index contributed by atoms with van der Waals surface area (Å²) in [5, 5.41) is 11.8. The molecule has 3 fully saturated rings. The Kier molecular flexibility index (Phi) is 9.45.